The highest BCUT2D eigenvalue weighted by molar-refractivity contribution is 7.89. The van der Waals surface area contributed by atoms with Crippen molar-refractivity contribution in [3.63, 3.8) is 0 Å². The summed E-state index contributed by atoms with van der Waals surface area (Å²) in [6.07, 6.45) is 3.14. The number of hydrogen-bond acceptors (Lipinski definition) is 4. The van der Waals surface area contributed by atoms with Crippen LogP contribution in [0.1, 0.15) is 25.7 Å². The predicted molar refractivity (Wildman–Crippen MR) is 74.6 cm³/mol. The molecule has 1 aromatic rings. The lowest BCUT2D eigenvalue weighted by molar-refractivity contribution is -0.141. The van der Waals surface area contributed by atoms with Crippen LogP contribution in [-0.4, -0.2) is 38.4 Å². The number of halogens is 1. The molecule has 0 heterocycles. The predicted octanol–water partition coefficient (Wildman–Crippen LogP) is 1.93. The van der Waals surface area contributed by atoms with Crippen LogP contribution in [0, 0.1) is 5.82 Å². The van der Waals surface area contributed by atoms with Gasteiger partial charge in [-0.25, -0.2) is 12.8 Å². The van der Waals surface area contributed by atoms with Gasteiger partial charge in [0.05, 0.1) is 7.11 Å². The monoisotopic (exact) mass is 315 g/mol. The van der Waals surface area contributed by atoms with E-state index in [2.05, 4.69) is 4.74 Å². The molecule has 1 saturated carbocycles. The summed E-state index contributed by atoms with van der Waals surface area (Å²) in [6, 6.07) is 4.91. The zero-order valence-corrected chi connectivity index (χ0v) is 12.6. The number of carbonyl (C=O) groups is 1. The molecule has 116 valence electrons. The van der Waals surface area contributed by atoms with Crippen molar-refractivity contribution in [1.82, 2.24) is 4.31 Å². The van der Waals surface area contributed by atoms with Crippen LogP contribution in [0.5, 0.6) is 0 Å². The number of methoxy groups -OCH3 is 1. The van der Waals surface area contributed by atoms with Crippen LogP contribution in [0.15, 0.2) is 29.2 Å². The highest BCUT2D eigenvalue weighted by Crippen LogP contribution is 2.29. The van der Waals surface area contributed by atoms with Crippen LogP contribution < -0.4 is 0 Å². The largest absolute Gasteiger partial charge is 0.468 e. The van der Waals surface area contributed by atoms with Crippen LogP contribution >= 0.6 is 0 Å². The number of hydrogen-bond donors (Lipinski definition) is 0. The molecule has 0 bridgehead atoms. The number of nitrogens with zero attached hydrogens (tertiary/aromatic N) is 1. The van der Waals surface area contributed by atoms with Gasteiger partial charge in [-0.1, -0.05) is 25.0 Å². The molecule has 0 radical (unpaired) electrons. The van der Waals surface area contributed by atoms with Crippen molar-refractivity contribution in [2.45, 2.75) is 36.6 Å². The molecule has 5 nitrogen and oxygen atoms in total. The van der Waals surface area contributed by atoms with Gasteiger partial charge in [-0.2, -0.15) is 4.31 Å². The van der Waals surface area contributed by atoms with Gasteiger partial charge in [-0.3, -0.25) is 4.79 Å². The molecule has 1 aromatic carbocycles. The van der Waals surface area contributed by atoms with E-state index in [4.69, 9.17) is 0 Å². The third-order valence-corrected chi connectivity index (χ3v) is 5.60. The first-order chi connectivity index (χ1) is 9.96. The molecule has 0 aliphatic heterocycles. The Labute approximate surface area is 123 Å². The third kappa shape index (κ3) is 3.41. The highest BCUT2D eigenvalue weighted by Gasteiger charge is 2.36. The smallest absolute Gasteiger partial charge is 0.321 e. The maximum absolute atomic E-state index is 13.8. The molecular weight excluding hydrogens is 297 g/mol. The van der Waals surface area contributed by atoms with Crippen molar-refractivity contribution < 1.29 is 22.3 Å². The van der Waals surface area contributed by atoms with Crippen molar-refractivity contribution in [2.75, 3.05) is 13.7 Å². The summed E-state index contributed by atoms with van der Waals surface area (Å²) in [5.41, 5.74) is 0. The molecule has 0 amide bonds. The minimum atomic E-state index is -4.06. The molecule has 1 aliphatic carbocycles. The van der Waals surface area contributed by atoms with Gasteiger partial charge in [-0.05, 0) is 25.0 Å². The summed E-state index contributed by atoms with van der Waals surface area (Å²) >= 11 is 0. The molecule has 1 aliphatic rings. The fourth-order valence-electron chi connectivity index (χ4n) is 2.57. The fourth-order valence-corrected chi connectivity index (χ4v) is 4.27. The lowest BCUT2D eigenvalue weighted by Crippen LogP contribution is -2.42. The highest BCUT2D eigenvalue weighted by atomic mass is 32.2. The van der Waals surface area contributed by atoms with E-state index in [-0.39, 0.29) is 6.04 Å². The van der Waals surface area contributed by atoms with E-state index in [1.807, 2.05) is 0 Å². The summed E-state index contributed by atoms with van der Waals surface area (Å²) < 4.78 is 44.8. The molecule has 0 unspecified atom stereocenters. The Morgan fingerprint density at radius 1 is 1.33 bits per heavy atom. The summed E-state index contributed by atoms with van der Waals surface area (Å²) in [5.74, 6) is -1.47. The standard InChI is InChI=1S/C14H18FNO4S/c1-20-14(17)10-16(11-6-2-3-7-11)21(18,19)13-9-5-4-8-12(13)15/h4-5,8-9,11H,2-3,6-7,10H2,1H3. The van der Waals surface area contributed by atoms with Crippen molar-refractivity contribution >= 4 is 16.0 Å². The summed E-state index contributed by atoms with van der Waals surface area (Å²) in [6.45, 7) is -0.391. The second kappa shape index (κ2) is 6.53. The zero-order valence-electron chi connectivity index (χ0n) is 11.8. The van der Waals surface area contributed by atoms with Gasteiger partial charge in [-0.15, -0.1) is 0 Å². The molecule has 1 fully saturated rings. The van der Waals surface area contributed by atoms with Crippen LogP contribution in [0.4, 0.5) is 4.39 Å². The first kappa shape index (κ1) is 15.9. The van der Waals surface area contributed by atoms with E-state index in [9.17, 15) is 17.6 Å². The molecule has 0 aromatic heterocycles. The van der Waals surface area contributed by atoms with Crippen LogP contribution in [0.3, 0.4) is 0 Å². The second-order valence-electron chi connectivity index (χ2n) is 5.00. The molecular formula is C14H18FNO4S. The number of ether oxygens (including phenoxy) is 1. The third-order valence-electron chi connectivity index (χ3n) is 3.67. The second-order valence-corrected chi connectivity index (χ2v) is 6.85. The van der Waals surface area contributed by atoms with E-state index >= 15 is 0 Å². The molecule has 0 N–H and O–H groups in total. The van der Waals surface area contributed by atoms with Gasteiger partial charge in [0.2, 0.25) is 10.0 Å². The molecule has 0 atom stereocenters. The van der Waals surface area contributed by atoms with Crippen LogP contribution in [0.2, 0.25) is 0 Å². The summed E-state index contributed by atoms with van der Waals surface area (Å²) in [4.78, 5) is 11.1. The van der Waals surface area contributed by atoms with Crippen LogP contribution in [-0.2, 0) is 19.6 Å². The zero-order chi connectivity index (χ0) is 15.5. The van der Waals surface area contributed by atoms with Gasteiger partial charge in [0.25, 0.3) is 0 Å². The van der Waals surface area contributed by atoms with E-state index in [0.717, 1.165) is 23.2 Å². The number of rotatable bonds is 5. The van der Waals surface area contributed by atoms with Crippen molar-refractivity contribution in [3.8, 4) is 0 Å². The van der Waals surface area contributed by atoms with E-state index < -0.39 is 33.3 Å². The van der Waals surface area contributed by atoms with E-state index in [0.29, 0.717) is 12.8 Å². The first-order valence-corrected chi connectivity index (χ1v) is 8.24. The summed E-state index contributed by atoms with van der Waals surface area (Å²) in [5, 5.41) is 0. The number of carbonyl (C=O) groups excluding carboxylic acids is 1. The minimum Gasteiger partial charge on any atom is -0.468 e. The van der Waals surface area contributed by atoms with E-state index in [1.54, 1.807) is 0 Å². The fraction of sp³-hybridized carbons (Fsp3) is 0.500. The normalized spacial score (nSPS) is 16.3. The SMILES string of the molecule is COC(=O)CN(C1CCCC1)S(=O)(=O)c1ccccc1F. The Balaban J connectivity index is 2.39. The van der Waals surface area contributed by atoms with Gasteiger partial charge in [0.15, 0.2) is 0 Å². The number of benzene rings is 1. The quantitative estimate of drug-likeness (QED) is 0.779. The van der Waals surface area contributed by atoms with Gasteiger partial charge < -0.3 is 4.74 Å². The molecule has 0 saturated heterocycles. The molecule has 2 rings (SSSR count). The van der Waals surface area contributed by atoms with Crippen molar-refractivity contribution in [2.24, 2.45) is 0 Å². The van der Waals surface area contributed by atoms with Crippen LogP contribution in [0.25, 0.3) is 0 Å². The van der Waals surface area contributed by atoms with Crippen molar-refractivity contribution in [1.29, 1.82) is 0 Å². The first-order valence-electron chi connectivity index (χ1n) is 6.80. The number of esters is 1. The Kier molecular flexibility index (Phi) is 4.95. The molecule has 7 heteroatoms. The lowest BCUT2D eigenvalue weighted by atomic mass is 10.2. The number of sulfonamides is 1. The molecule has 0 spiro atoms. The average molecular weight is 315 g/mol. The minimum absolute atomic E-state index is 0.284. The average Bonchev–Trinajstić information content (AvgIpc) is 2.98. The summed E-state index contributed by atoms with van der Waals surface area (Å²) in [7, 11) is -2.86. The molecule has 21 heavy (non-hydrogen) atoms. The Morgan fingerprint density at radius 3 is 2.52 bits per heavy atom. The lowest BCUT2D eigenvalue weighted by Gasteiger charge is -2.27. The van der Waals surface area contributed by atoms with Gasteiger partial charge in [0, 0.05) is 6.04 Å². The Hall–Kier alpha value is -1.47. The maximum Gasteiger partial charge on any atom is 0.321 e. The van der Waals surface area contributed by atoms with E-state index in [1.165, 1.54) is 25.3 Å². The maximum atomic E-state index is 13.8. The topological polar surface area (TPSA) is 63.7 Å². The van der Waals surface area contributed by atoms with Crippen molar-refractivity contribution in [3.05, 3.63) is 30.1 Å². The van der Waals surface area contributed by atoms with Gasteiger partial charge >= 0.3 is 5.97 Å². The Bertz CT molecular complexity index is 611. The van der Waals surface area contributed by atoms with Gasteiger partial charge in [0.1, 0.15) is 17.3 Å². The Morgan fingerprint density at radius 2 is 1.95 bits per heavy atom.